The van der Waals surface area contributed by atoms with Crippen molar-refractivity contribution in [2.75, 3.05) is 17.1 Å². The summed E-state index contributed by atoms with van der Waals surface area (Å²) in [5.74, 6) is -0.629. The summed E-state index contributed by atoms with van der Waals surface area (Å²) in [4.78, 5) is 28.5. The molecule has 3 rings (SSSR count). The highest BCUT2D eigenvalue weighted by Crippen LogP contribution is 2.27. The predicted molar refractivity (Wildman–Crippen MR) is 144 cm³/mol. The summed E-state index contributed by atoms with van der Waals surface area (Å²) in [6.07, 6.45) is 6.35. The number of para-hydroxylation sites is 1. The van der Waals surface area contributed by atoms with Crippen LogP contribution in [-0.2, 0) is 26.2 Å². The van der Waals surface area contributed by atoms with Crippen LogP contribution < -0.4 is 9.62 Å². The molecule has 8 heteroatoms. The Bertz CT molecular complexity index is 1150. The number of hydrogen-bond acceptors (Lipinski definition) is 4. The molecule has 1 saturated carbocycles. The molecule has 0 heterocycles. The maximum Gasteiger partial charge on any atom is 0.244 e. The van der Waals surface area contributed by atoms with Crippen molar-refractivity contribution in [3.63, 3.8) is 0 Å². The Morgan fingerprint density at radius 3 is 2.11 bits per heavy atom. The smallest absolute Gasteiger partial charge is 0.244 e. The first-order valence-electron chi connectivity index (χ1n) is 12.7. The highest BCUT2D eigenvalue weighted by molar-refractivity contribution is 7.92. The average Bonchev–Trinajstić information content (AvgIpc) is 2.82. The first-order valence-corrected chi connectivity index (χ1v) is 14.5. The molecule has 1 atom stereocenters. The van der Waals surface area contributed by atoms with Crippen LogP contribution in [0, 0.1) is 20.8 Å². The number of carbonyl (C=O) groups is 2. The fraction of sp³-hybridized carbons (Fsp3) is 0.500. The van der Waals surface area contributed by atoms with E-state index in [-0.39, 0.29) is 25.0 Å². The summed E-state index contributed by atoms with van der Waals surface area (Å²) in [5.41, 5.74) is 4.01. The van der Waals surface area contributed by atoms with E-state index in [1.807, 2.05) is 63.2 Å². The summed E-state index contributed by atoms with van der Waals surface area (Å²) in [5, 5.41) is 3.12. The third-order valence-corrected chi connectivity index (χ3v) is 8.07. The average molecular weight is 514 g/mol. The van der Waals surface area contributed by atoms with Gasteiger partial charge in [0, 0.05) is 12.6 Å². The van der Waals surface area contributed by atoms with Crippen molar-refractivity contribution in [2.45, 2.75) is 78.4 Å². The van der Waals surface area contributed by atoms with E-state index in [4.69, 9.17) is 0 Å². The van der Waals surface area contributed by atoms with Gasteiger partial charge in [-0.15, -0.1) is 0 Å². The van der Waals surface area contributed by atoms with Crippen LogP contribution in [0.4, 0.5) is 5.69 Å². The number of sulfonamides is 1. The number of carbonyl (C=O) groups excluding carboxylic acids is 2. The Hall–Kier alpha value is -2.87. The highest BCUT2D eigenvalue weighted by Gasteiger charge is 2.32. The minimum atomic E-state index is -3.75. The van der Waals surface area contributed by atoms with E-state index in [9.17, 15) is 18.0 Å². The molecule has 7 nitrogen and oxygen atoms in total. The van der Waals surface area contributed by atoms with Gasteiger partial charge in [-0.3, -0.25) is 13.9 Å². The van der Waals surface area contributed by atoms with Crippen molar-refractivity contribution in [3.8, 4) is 0 Å². The maximum atomic E-state index is 13.7. The summed E-state index contributed by atoms with van der Waals surface area (Å²) in [7, 11) is -3.75. The lowest BCUT2D eigenvalue weighted by atomic mass is 9.95. The van der Waals surface area contributed by atoms with Gasteiger partial charge in [0.05, 0.1) is 11.9 Å². The van der Waals surface area contributed by atoms with Crippen LogP contribution in [0.2, 0.25) is 0 Å². The molecule has 0 saturated heterocycles. The zero-order valence-corrected chi connectivity index (χ0v) is 22.9. The highest BCUT2D eigenvalue weighted by atomic mass is 32.2. The SMILES string of the molecule is Cc1ccc(CN(C(=O)CN(c2c(C)cccc2C)S(C)(=O)=O)[C@@H](C)C(=O)NC2CCCCC2)cc1. The molecule has 0 radical (unpaired) electrons. The first-order chi connectivity index (χ1) is 17.0. The molecule has 1 fully saturated rings. The minimum Gasteiger partial charge on any atom is -0.352 e. The number of nitrogens with zero attached hydrogens (tertiary/aromatic N) is 2. The molecule has 1 aliphatic rings. The van der Waals surface area contributed by atoms with E-state index in [1.54, 1.807) is 6.92 Å². The summed E-state index contributed by atoms with van der Waals surface area (Å²) in [6, 6.07) is 12.7. The topological polar surface area (TPSA) is 86.8 Å². The molecule has 1 aliphatic carbocycles. The van der Waals surface area contributed by atoms with Crippen molar-refractivity contribution in [1.29, 1.82) is 0 Å². The number of benzene rings is 2. The zero-order valence-electron chi connectivity index (χ0n) is 22.1. The number of anilines is 1. The molecule has 0 aromatic heterocycles. The first kappa shape index (κ1) is 27.7. The van der Waals surface area contributed by atoms with Gasteiger partial charge in [-0.1, -0.05) is 67.3 Å². The van der Waals surface area contributed by atoms with Crippen LogP contribution >= 0.6 is 0 Å². The molecule has 0 unspecified atom stereocenters. The second-order valence-electron chi connectivity index (χ2n) is 10.0. The zero-order chi connectivity index (χ0) is 26.5. The summed E-state index contributed by atoms with van der Waals surface area (Å²) in [6.45, 7) is 7.19. The number of amides is 2. The molecule has 0 aliphatic heterocycles. The van der Waals surface area contributed by atoms with Crippen molar-refractivity contribution in [3.05, 3.63) is 64.7 Å². The van der Waals surface area contributed by atoms with E-state index in [1.165, 1.54) is 11.3 Å². The van der Waals surface area contributed by atoms with Gasteiger partial charge in [0.25, 0.3) is 0 Å². The van der Waals surface area contributed by atoms with Crippen molar-refractivity contribution >= 4 is 27.5 Å². The van der Waals surface area contributed by atoms with Gasteiger partial charge in [0.15, 0.2) is 0 Å². The second-order valence-corrected chi connectivity index (χ2v) is 11.9. The van der Waals surface area contributed by atoms with Crippen molar-refractivity contribution < 1.29 is 18.0 Å². The molecular formula is C28H39N3O4S. The maximum absolute atomic E-state index is 13.7. The lowest BCUT2D eigenvalue weighted by Crippen LogP contribution is -2.53. The second kappa shape index (κ2) is 11.9. The van der Waals surface area contributed by atoms with Crippen molar-refractivity contribution in [1.82, 2.24) is 10.2 Å². The standard InChI is InChI=1S/C28H39N3O4S/c1-20-14-16-24(17-15-20)18-30(23(4)28(33)29-25-12-7-6-8-13-25)26(32)19-31(36(5,34)35)27-21(2)10-9-11-22(27)3/h9-11,14-17,23,25H,6-8,12-13,18-19H2,1-5H3,(H,29,33)/t23-/m0/s1. The summed E-state index contributed by atoms with van der Waals surface area (Å²) < 4.78 is 26.8. The van der Waals surface area contributed by atoms with E-state index >= 15 is 0 Å². The largest absolute Gasteiger partial charge is 0.352 e. The fourth-order valence-electron chi connectivity index (χ4n) is 4.82. The third kappa shape index (κ3) is 7.09. The quantitative estimate of drug-likeness (QED) is 0.543. The molecule has 2 amide bonds. The van der Waals surface area contributed by atoms with Gasteiger partial charge in [0.1, 0.15) is 12.6 Å². The van der Waals surface area contributed by atoms with Crippen LogP contribution in [0.15, 0.2) is 42.5 Å². The molecular weight excluding hydrogens is 474 g/mol. The van der Waals surface area contributed by atoms with Gasteiger partial charge in [-0.05, 0) is 57.2 Å². The third-order valence-electron chi connectivity index (χ3n) is 6.96. The lowest BCUT2D eigenvalue weighted by Gasteiger charge is -2.33. The summed E-state index contributed by atoms with van der Waals surface area (Å²) >= 11 is 0. The van der Waals surface area contributed by atoms with Gasteiger partial charge in [-0.25, -0.2) is 8.42 Å². The Morgan fingerprint density at radius 2 is 1.56 bits per heavy atom. The van der Waals surface area contributed by atoms with Gasteiger partial charge < -0.3 is 10.2 Å². The van der Waals surface area contributed by atoms with Crippen molar-refractivity contribution in [2.24, 2.45) is 0 Å². The van der Waals surface area contributed by atoms with Gasteiger partial charge in [-0.2, -0.15) is 0 Å². The van der Waals surface area contributed by atoms with Crippen LogP contribution in [0.25, 0.3) is 0 Å². The predicted octanol–water partition coefficient (Wildman–Crippen LogP) is 4.24. The van der Waals surface area contributed by atoms with E-state index in [2.05, 4.69) is 5.32 Å². The minimum absolute atomic E-state index is 0.118. The Balaban J connectivity index is 1.90. The molecule has 2 aromatic rings. The lowest BCUT2D eigenvalue weighted by molar-refractivity contribution is -0.139. The number of nitrogens with one attached hydrogen (secondary N) is 1. The van der Waals surface area contributed by atoms with Crippen LogP contribution in [0.3, 0.4) is 0 Å². The molecule has 1 N–H and O–H groups in total. The van der Waals surface area contributed by atoms with E-state index < -0.39 is 22.0 Å². The molecule has 36 heavy (non-hydrogen) atoms. The van der Waals surface area contributed by atoms with Crippen LogP contribution in [0.5, 0.6) is 0 Å². The molecule has 0 bridgehead atoms. The van der Waals surface area contributed by atoms with Gasteiger partial charge in [0.2, 0.25) is 21.8 Å². The molecule has 0 spiro atoms. The normalized spacial score (nSPS) is 15.2. The number of hydrogen-bond donors (Lipinski definition) is 1. The van der Waals surface area contributed by atoms with Crippen LogP contribution in [0.1, 0.15) is 61.3 Å². The molecule has 2 aromatic carbocycles. The Morgan fingerprint density at radius 1 is 0.972 bits per heavy atom. The Kier molecular flexibility index (Phi) is 9.17. The fourth-order valence-corrected chi connectivity index (χ4v) is 5.78. The monoisotopic (exact) mass is 513 g/mol. The van der Waals surface area contributed by atoms with E-state index in [0.29, 0.717) is 5.69 Å². The van der Waals surface area contributed by atoms with E-state index in [0.717, 1.165) is 58.5 Å². The number of rotatable bonds is 9. The number of aryl methyl sites for hydroxylation is 3. The van der Waals surface area contributed by atoms with Crippen LogP contribution in [-0.4, -0.2) is 50.0 Å². The molecule has 196 valence electrons. The van der Waals surface area contributed by atoms with Gasteiger partial charge >= 0.3 is 0 Å². The Labute approximate surface area is 215 Å².